The molecule has 0 unspecified atom stereocenters. The number of aryl methyl sites for hydroxylation is 1. The number of ether oxygens (including phenoxy) is 1. The first-order chi connectivity index (χ1) is 11.3. The second-order valence-electron chi connectivity index (χ2n) is 5.16. The summed E-state index contributed by atoms with van der Waals surface area (Å²) >= 11 is 1.44. The molecule has 0 fully saturated rings. The van der Waals surface area contributed by atoms with Gasteiger partial charge in [0.1, 0.15) is 0 Å². The highest BCUT2D eigenvalue weighted by Gasteiger charge is 2.30. The molecule has 0 saturated heterocycles. The Hall–Kier alpha value is -1.93. The van der Waals surface area contributed by atoms with Gasteiger partial charge in [-0.1, -0.05) is 0 Å². The largest absolute Gasteiger partial charge is 0.416 e. The molecule has 0 N–H and O–H groups in total. The first-order valence-electron chi connectivity index (χ1n) is 7.17. The van der Waals surface area contributed by atoms with E-state index in [4.69, 9.17) is 4.74 Å². The van der Waals surface area contributed by atoms with Gasteiger partial charge in [0.15, 0.2) is 0 Å². The molecule has 1 aromatic carbocycles. The van der Waals surface area contributed by atoms with Crippen LogP contribution in [-0.4, -0.2) is 36.1 Å². The molecule has 0 radical (unpaired) electrons. The molecule has 1 heterocycles. The molecule has 0 spiro atoms. The fourth-order valence-electron chi connectivity index (χ4n) is 2.09. The topological polar surface area (TPSA) is 42.4 Å². The fourth-order valence-corrected chi connectivity index (χ4v) is 2.88. The first-order valence-corrected chi connectivity index (χ1v) is 8.05. The van der Waals surface area contributed by atoms with Gasteiger partial charge >= 0.3 is 6.18 Å². The summed E-state index contributed by atoms with van der Waals surface area (Å²) in [5, 5.41) is 0. The van der Waals surface area contributed by atoms with Crippen molar-refractivity contribution >= 4 is 17.2 Å². The van der Waals surface area contributed by atoms with E-state index in [1.165, 1.54) is 30.6 Å². The van der Waals surface area contributed by atoms with Crippen molar-refractivity contribution < 1.29 is 22.7 Å². The minimum Gasteiger partial charge on any atom is -0.383 e. The summed E-state index contributed by atoms with van der Waals surface area (Å²) < 4.78 is 42.9. The lowest BCUT2D eigenvalue weighted by Gasteiger charge is -2.22. The summed E-state index contributed by atoms with van der Waals surface area (Å²) in [6.07, 6.45) is -4.42. The summed E-state index contributed by atoms with van der Waals surface area (Å²) in [6, 6.07) is 4.23. The maximum atomic E-state index is 12.6. The summed E-state index contributed by atoms with van der Waals surface area (Å²) in [5.41, 5.74) is 1.96. The van der Waals surface area contributed by atoms with Crippen LogP contribution >= 0.6 is 11.3 Å². The second-order valence-corrected chi connectivity index (χ2v) is 6.09. The highest BCUT2D eigenvalue weighted by molar-refractivity contribution is 7.09. The van der Waals surface area contributed by atoms with Gasteiger partial charge in [-0.05, 0) is 31.2 Å². The highest BCUT2D eigenvalue weighted by atomic mass is 32.1. The van der Waals surface area contributed by atoms with Crippen LogP contribution < -0.4 is 0 Å². The molecule has 0 saturated carbocycles. The lowest BCUT2D eigenvalue weighted by Crippen LogP contribution is -2.33. The maximum absolute atomic E-state index is 12.6. The number of alkyl halides is 3. The zero-order chi connectivity index (χ0) is 17.7. The average Bonchev–Trinajstić information content (AvgIpc) is 2.95. The number of hydrogen-bond acceptors (Lipinski definition) is 4. The van der Waals surface area contributed by atoms with Gasteiger partial charge in [-0.25, -0.2) is 4.98 Å². The maximum Gasteiger partial charge on any atom is 0.416 e. The number of amides is 1. The van der Waals surface area contributed by atoms with E-state index in [2.05, 4.69) is 4.98 Å². The van der Waals surface area contributed by atoms with Crippen LogP contribution in [0, 0.1) is 6.92 Å². The van der Waals surface area contributed by atoms with Crippen molar-refractivity contribution in [2.75, 3.05) is 20.3 Å². The normalized spacial score (nSPS) is 11.5. The molecule has 4 nitrogen and oxygen atoms in total. The van der Waals surface area contributed by atoms with Gasteiger partial charge in [0.25, 0.3) is 5.91 Å². The van der Waals surface area contributed by atoms with E-state index in [1.54, 1.807) is 10.4 Å². The molecule has 2 aromatic rings. The van der Waals surface area contributed by atoms with Gasteiger partial charge < -0.3 is 9.64 Å². The van der Waals surface area contributed by atoms with Crippen molar-refractivity contribution in [3.8, 4) is 0 Å². The molecule has 130 valence electrons. The quantitative estimate of drug-likeness (QED) is 0.790. The van der Waals surface area contributed by atoms with E-state index in [9.17, 15) is 18.0 Å². The van der Waals surface area contributed by atoms with E-state index >= 15 is 0 Å². The third kappa shape index (κ3) is 4.55. The number of nitrogens with zero attached hydrogens (tertiary/aromatic N) is 2. The SMILES string of the molecule is COCCN(Cc1scnc1C)C(=O)c1ccc(C(F)(F)F)cc1. The number of halogens is 3. The van der Waals surface area contributed by atoms with E-state index < -0.39 is 11.7 Å². The second kappa shape index (κ2) is 7.76. The average molecular weight is 358 g/mol. The van der Waals surface area contributed by atoms with Gasteiger partial charge in [0.2, 0.25) is 0 Å². The van der Waals surface area contributed by atoms with E-state index in [0.29, 0.717) is 19.7 Å². The van der Waals surface area contributed by atoms with Gasteiger partial charge in [0.05, 0.1) is 29.9 Å². The number of rotatable bonds is 6. The van der Waals surface area contributed by atoms with Gasteiger partial charge in [-0.3, -0.25) is 4.79 Å². The number of carbonyl (C=O) groups excluding carboxylic acids is 1. The molecule has 0 aliphatic rings. The molecule has 0 aliphatic carbocycles. The Morgan fingerprint density at radius 2 is 1.96 bits per heavy atom. The number of hydrogen-bond donors (Lipinski definition) is 0. The molecule has 0 aliphatic heterocycles. The highest BCUT2D eigenvalue weighted by Crippen LogP contribution is 2.29. The molecule has 2 rings (SSSR count). The predicted octanol–water partition coefficient (Wildman–Crippen LogP) is 3.76. The summed E-state index contributed by atoms with van der Waals surface area (Å²) in [6.45, 7) is 2.88. The van der Waals surface area contributed by atoms with Crippen LogP contribution in [0.4, 0.5) is 13.2 Å². The summed E-state index contributed by atoms with van der Waals surface area (Å²) in [7, 11) is 1.53. The van der Waals surface area contributed by atoms with Crippen LogP contribution in [0.3, 0.4) is 0 Å². The molecule has 24 heavy (non-hydrogen) atoms. The Labute approximate surface area is 141 Å². The Kier molecular flexibility index (Phi) is 5.95. The van der Waals surface area contributed by atoms with Crippen molar-refractivity contribution in [1.82, 2.24) is 9.88 Å². The van der Waals surface area contributed by atoms with Crippen molar-refractivity contribution in [2.45, 2.75) is 19.6 Å². The van der Waals surface area contributed by atoms with Crippen LogP contribution in [0.15, 0.2) is 29.8 Å². The van der Waals surface area contributed by atoms with Crippen molar-refractivity contribution in [3.05, 3.63) is 51.5 Å². The van der Waals surface area contributed by atoms with Crippen LogP contribution in [0.1, 0.15) is 26.5 Å². The number of thiazole rings is 1. The van der Waals surface area contributed by atoms with Gasteiger partial charge in [-0.2, -0.15) is 13.2 Å². The van der Waals surface area contributed by atoms with E-state index in [1.807, 2.05) is 6.92 Å². The van der Waals surface area contributed by atoms with Gasteiger partial charge in [-0.15, -0.1) is 11.3 Å². The zero-order valence-corrected chi connectivity index (χ0v) is 14.1. The molecule has 8 heteroatoms. The monoisotopic (exact) mass is 358 g/mol. The summed E-state index contributed by atoms with van der Waals surface area (Å²) in [4.78, 5) is 19.3. The standard InChI is InChI=1S/C16H17F3N2O2S/c1-11-14(24-10-20-11)9-21(7-8-23-2)15(22)12-3-5-13(6-4-12)16(17,18)19/h3-6,10H,7-9H2,1-2H3. The Morgan fingerprint density at radius 1 is 1.29 bits per heavy atom. The van der Waals surface area contributed by atoms with Crippen molar-refractivity contribution in [3.63, 3.8) is 0 Å². The minimum atomic E-state index is -4.42. The molecule has 0 atom stereocenters. The Morgan fingerprint density at radius 3 is 2.46 bits per heavy atom. The van der Waals surface area contributed by atoms with Crippen LogP contribution in [0.2, 0.25) is 0 Å². The number of aromatic nitrogens is 1. The van der Waals surface area contributed by atoms with E-state index in [-0.39, 0.29) is 11.5 Å². The summed E-state index contributed by atoms with van der Waals surface area (Å²) in [5.74, 6) is -0.339. The zero-order valence-electron chi connectivity index (χ0n) is 13.3. The minimum absolute atomic E-state index is 0.210. The molecular weight excluding hydrogens is 341 g/mol. The van der Waals surface area contributed by atoms with E-state index in [0.717, 1.165) is 22.7 Å². The molecular formula is C16H17F3N2O2S. The third-order valence-electron chi connectivity index (χ3n) is 3.49. The van der Waals surface area contributed by atoms with Crippen LogP contribution in [0.5, 0.6) is 0 Å². The van der Waals surface area contributed by atoms with Crippen LogP contribution in [-0.2, 0) is 17.5 Å². The predicted molar refractivity (Wildman–Crippen MR) is 84.9 cm³/mol. The lowest BCUT2D eigenvalue weighted by molar-refractivity contribution is -0.137. The third-order valence-corrected chi connectivity index (χ3v) is 4.41. The first kappa shape index (κ1) is 18.4. The van der Waals surface area contributed by atoms with Crippen molar-refractivity contribution in [1.29, 1.82) is 0 Å². The Balaban J connectivity index is 2.19. The smallest absolute Gasteiger partial charge is 0.383 e. The number of methoxy groups -OCH3 is 1. The van der Waals surface area contributed by atoms with Gasteiger partial charge in [0, 0.05) is 24.1 Å². The molecule has 1 aromatic heterocycles. The Bertz CT molecular complexity index is 683. The van der Waals surface area contributed by atoms with Crippen LogP contribution in [0.25, 0.3) is 0 Å². The lowest BCUT2D eigenvalue weighted by atomic mass is 10.1. The molecule has 0 bridgehead atoms. The fraction of sp³-hybridized carbons (Fsp3) is 0.375. The van der Waals surface area contributed by atoms with Crippen molar-refractivity contribution in [2.24, 2.45) is 0 Å². The molecule has 1 amide bonds. The number of benzene rings is 1. The number of carbonyl (C=O) groups is 1.